The highest BCUT2D eigenvalue weighted by Gasteiger charge is 2.21. The molecule has 35 heavy (non-hydrogen) atoms. The number of nitrogens with zero attached hydrogens (tertiary/aromatic N) is 5. The first-order chi connectivity index (χ1) is 17.1. The van der Waals surface area contributed by atoms with Crippen molar-refractivity contribution in [2.45, 2.75) is 58.3 Å². The molecule has 5 rings (SSSR count). The summed E-state index contributed by atoms with van der Waals surface area (Å²) in [6.07, 6.45) is 8.98. The molecule has 0 spiro atoms. The van der Waals surface area contributed by atoms with Gasteiger partial charge in [-0.25, -0.2) is 0 Å². The Bertz CT molecular complexity index is 1130. The van der Waals surface area contributed by atoms with Gasteiger partial charge in [0.25, 0.3) is 0 Å². The van der Waals surface area contributed by atoms with Crippen molar-refractivity contribution in [1.29, 1.82) is 0 Å². The Morgan fingerprint density at radius 1 is 0.886 bits per heavy atom. The summed E-state index contributed by atoms with van der Waals surface area (Å²) in [5.74, 6) is 2.44. The summed E-state index contributed by atoms with van der Waals surface area (Å²) in [5.41, 5.74) is 2.58. The summed E-state index contributed by atoms with van der Waals surface area (Å²) in [6.45, 7) is 3.80. The molecule has 3 aromatic rings. The van der Waals surface area contributed by atoms with Crippen molar-refractivity contribution in [1.82, 2.24) is 25.1 Å². The van der Waals surface area contributed by atoms with Crippen LogP contribution in [0.4, 0.5) is 35.0 Å². The minimum atomic E-state index is 0.123. The number of amides is 1. The van der Waals surface area contributed by atoms with E-state index in [1.54, 1.807) is 0 Å². The Hall–Kier alpha value is -3.69. The minimum absolute atomic E-state index is 0.123. The zero-order valence-electron chi connectivity index (χ0n) is 20.2. The summed E-state index contributed by atoms with van der Waals surface area (Å²) in [6, 6.07) is 9.55. The maximum Gasteiger partial charge on any atom is 0.235 e. The number of rotatable bonds is 7. The first-order valence-corrected chi connectivity index (χ1v) is 12.6. The lowest BCUT2D eigenvalue weighted by Gasteiger charge is -2.27. The normalized spacial score (nSPS) is 16.7. The van der Waals surface area contributed by atoms with E-state index in [1.165, 1.54) is 12.8 Å². The van der Waals surface area contributed by atoms with E-state index in [4.69, 9.17) is 0 Å². The van der Waals surface area contributed by atoms with E-state index in [-0.39, 0.29) is 11.8 Å². The Labute approximate surface area is 205 Å². The Morgan fingerprint density at radius 2 is 1.54 bits per heavy atom. The van der Waals surface area contributed by atoms with Gasteiger partial charge < -0.3 is 20.9 Å². The molecule has 0 unspecified atom stereocenters. The molecule has 1 aromatic carbocycles. The molecule has 0 radical (unpaired) electrons. The zero-order valence-corrected chi connectivity index (χ0v) is 20.2. The molecule has 1 saturated heterocycles. The predicted octanol–water partition coefficient (Wildman–Crippen LogP) is 4.90. The largest absolute Gasteiger partial charge is 0.341 e. The van der Waals surface area contributed by atoms with E-state index in [2.05, 4.69) is 46.0 Å². The van der Waals surface area contributed by atoms with E-state index in [0.29, 0.717) is 23.7 Å². The molecule has 184 valence electrons. The lowest BCUT2D eigenvalue weighted by molar-refractivity contribution is -0.120. The van der Waals surface area contributed by atoms with Crippen LogP contribution in [-0.4, -0.2) is 44.1 Å². The molecule has 1 saturated carbocycles. The van der Waals surface area contributed by atoms with Crippen LogP contribution in [0, 0.1) is 12.8 Å². The maximum atomic E-state index is 12.5. The third-order valence-electron chi connectivity index (χ3n) is 6.59. The summed E-state index contributed by atoms with van der Waals surface area (Å²) < 4.78 is 0. The van der Waals surface area contributed by atoms with Gasteiger partial charge in [-0.15, -0.1) is 0 Å². The maximum absolute atomic E-state index is 12.5. The number of benzene rings is 1. The standard InChI is InChI=1S/C25H33N9O/c1-17-16-21(33-32-17)28-24-29-23(30-25(31-24)34-14-6-3-7-15-34)27-20-12-10-19(11-13-20)26-22(35)18-8-4-2-5-9-18/h10-13,16,18H,2-9,14-15H2,1H3,(H,26,35)(H3,27,28,29,30,31,32,33). The van der Waals surface area contributed by atoms with Gasteiger partial charge in [-0.2, -0.15) is 20.1 Å². The second-order valence-electron chi connectivity index (χ2n) is 9.42. The summed E-state index contributed by atoms with van der Waals surface area (Å²) >= 11 is 0. The van der Waals surface area contributed by atoms with Crippen molar-refractivity contribution in [3.8, 4) is 0 Å². The molecule has 3 heterocycles. The van der Waals surface area contributed by atoms with Crippen LogP contribution in [-0.2, 0) is 4.79 Å². The molecule has 10 heteroatoms. The Morgan fingerprint density at radius 3 is 2.23 bits per heavy atom. The molecule has 10 nitrogen and oxygen atoms in total. The molecule has 1 aliphatic carbocycles. The van der Waals surface area contributed by atoms with Crippen LogP contribution in [0.3, 0.4) is 0 Å². The fraction of sp³-hybridized carbons (Fsp3) is 0.480. The number of hydrogen-bond donors (Lipinski definition) is 4. The number of piperidine rings is 1. The van der Waals surface area contributed by atoms with Crippen LogP contribution in [0.2, 0.25) is 0 Å². The second-order valence-corrected chi connectivity index (χ2v) is 9.42. The number of hydrogen-bond acceptors (Lipinski definition) is 8. The first-order valence-electron chi connectivity index (χ1n) is 12.6. The molecular formula is C25H33N9O. The van der Waals surface area contributed by atoms with E-state index < -0.39 is 0 Å². The lowest BCUT2D eigenvalue weighted by atomic mass is 9.88. The molecule has 2 fully saturated rings. The van der Waals surface area contributed by atoms with Gasteiger partial charge in [0.15, 0.2) is 5.82 Å². The SMILES string of the molecule is Cc1cc(Nc2nc(Nc3ccc(NC(=O)C4CCCCC4)cc3)nc(N3CCCCC3)n2)n[nH]1. The first kappa shape index (κ1) is 23.1. The number of carbonyl (C=O) groups excluding carboxylic acids is 1. The third-order valence-corrected chi connectivity index (χ3v) is 6.59. The Kier molecular flexibility index (Phi) is 7.06. The van der Waals surface area contributed by atoms with Crippen LogP contribution in [0.5, 0.6) is 0 Å². The Balaban J connectivity index is 1.30. The monoisotopic (exact) mass is 475 g/mol. The lowest BCUT2D eigenvalue weighted by Crippen LogP contribution is -2.31. The summed E-state index contributed by atoms with van der Waals surface area (Å²) in [4.78, 5) is 28.6. The fourth-order valence-corrected chi connectivity index (χ4v) is 4.68. The van der Waals surface area contributed by atoms with Crippen molar-refractivity contribution in [3.63, 3.8) is 0 Å². The van der Waals surface area contributed by atoms with Gasteiger partial charge in [0.2, 0.25) is 23.8 Å². The number of anilines is 6. The average molecular weight is 476 g/mol. The van der Waals surface area contributed by atoms with Crippen LogP contribution in [0.25, 0.3) is 0 Å². The van der Waals surface area contributed by atoms with Gasteiger partial charge in [0, 0.05) is 42.1 Å². The molecule has 2 aromatic heterocycles. The van der Waals surface area contributed by atoms with Crippen LogP contribution < -0.4 is 20.9 Å². The molecule has 4 N–H and O–H groups in total. The number of carbonyl (C=O) groups is 1. The predicted molar refractivity (Wildman–Crippen MR) is 137 cm³/mol. The number of aromatic amines is 1. The molecular weight excluding hydrogens is 442 g/mol. The molecule has 1 aliphatic heterocycles. The number of nitrogens with one attached hydrogen (secondary N) is 4. The van der Waals surface area contributed by atoms with Crippen molar-refractivity contribution in [3.05, 3.63) is 36.0 Å². The van der Waals surface area contributed by atoms with Crippen LogP contribution in [0.1, 0.15) is 57.1 Å². The van der Waals surface area contributed by atoms with Crippen molar-refractivity contribution in [2.24, 2.45) is 5.92 Å². The van der Waals surface area contributed by atoms with Crippen molar-refractivity contribution < 1.29 is 4.79 Å². The fourth-order valence-electron chi connectivity index (χ4n) is 4.68. The number of H-pyrrole nitrogens is 1. The van der Waals surface area contributed by atoms with Gasteiger partial charge in [-0.1, -0.05) is 19.3 Å². The van der Waals surface area contributed by atoms with Gasteiger partial charge in [0.05, 0.1) is 0 Å². The van der Waals surface area contributed by atoms with Gasteiger partial charge in [-0.3, -0.25) is 9.89 Å². The van der Waals surface area contributed by atoms with E-state index in [0.717, 1.165) is 68.7 Å². The number of aromatic nitrogens is 5. The highest BCUT2D eigenvalue weighted by molar-refractivity contribution is 5.92. The molecule has 1 amide bonds. The van der Waals surface area contributed by atoms with Gasteiger partial charge >= 0.3 is 0 Å². The van der Waals surface area contributed by atoms with Crippen LogP contribution in [0.15, 0.2) is 30.3 Å². The van der Waals surface area contributed by atoms with E-state index in [9.17, 15) is 4.79 Å². The van der Waals surface area contributed by atoms with Crippen LogP contribution >= 0.6 is 0 Å². The second kappa shape index (κ2) is 10.7. The van der Waals surface area contributed by atoms with Gasteiger partial charge in [-0.05, 0) is 63.3 Å². The molecule has 0 bridgehead atoms. The van der Waals surface area contributed by atoms with E-state index in [1.807, 2.05) is 37.3 Å². The van der Waals surface area contributed by atoms with Crippen molar-refractivity contribution in [2.75, 3.05) is 33.9 Å². The quantitative estimate of drug-likeness (QED) is 0.380. The minimum Gasteiger partial charge on any atom is -0.341 e. The third kappa shape index (κ3) is 6.06. The smallest absolute Gasteiger partial charge is 0.235 e. The van der Waals surface area contributed by atoms with E-state index >= 15 is 0 Å². The summed E-state index contributed by atoms with van der Waals surface area (Å²) in [5, 5.41) is 16.7. The van der Waals surface area contributed by atoms with Crippen molar-refractivity contribution >= 4 is 40.9 Å². The molecule has 0 atom stereocenters. The topological polar surface area (TPSA) is 124 Å². The highest BCUT2D eigenvalue weighted by Crippen LogP contribution is 2.26. The summed E-state index contributed by atoms with van der Waals surface area (Å²) in [7, 11) is 0. The highest BCUT2D eigenvalue weighted by atomic mass is 16.1. The number of aryl methyl sites for hydroxylation is 1. The molecule has 2 aliphatic rings. The average Bonchev–Trinajstić information content (AvgIpc) is 3.30. The van der Waals surface area contributed by atoms with Gasteiger partial charge in [0.1, 0.15) is 0 Å². The zero-order chi connectivity index (χ0) is 24.0.